The molecule has 0 spiro atoms. The van der Waals surface area contributed by atoms with Gasteiger partial charge in [0.05, 0.1) is 17.3 Å². The Hall–Kier alpha value is -1.05. The van der Waals surface area contributed by atoms with Gasteiger partial charge in [0.15, 0.2) is 0 Å². The molecule has 0 bridgehead atoms. The molecule has 0 aliphatic carbocycles. The van der Waals surface area contributed by atoms with Crippen LogP contribution in [0, 0.1) is 11.3 Å². The number of anilines is 1. The first-order chi connectivity index (χ1) is 9.74. The molecule has 2 rings (SSSR count). The molecule has 1 aliphatic heterocycles. The van der Waals surface area contributed by atoms with Gasteiger partial charge in [-0.2, -0.15) is 5.26 Å². The van der Waals surface area contributed by atoms with Crippen LogP contribution >= 0.6 is 15.9 Å². The van der Waals surface area contributed by atoms with Crippen molar-refractivity contribution in [3.05, 3.63) is 28.2 Å². The maximum absolute atomic E-state index is 8.97. The number of benzene rings is 1. The van der Waals surface area contributed by atoms with Crippen molar-refractivity contribution in [1.29, 1.82) is 5.26 Å². The summed E-state index contributed by atoms with van der Waals surface area (Å²) in [5, 5.41) is 12.5. The average Bonchev–Trinajstić information content (AvgIpc) is 2.96. The minimum Gasteiger partial charge on any atom is -0.369 e. The van der Waals surface area contributed by atoms with E-state index in [0.29, 0.717) is 11.6 Å². The summed E-state index contributed by atoms with van der Waals surface area (Å²) in [6.07, 6.45) is 4.93. The summed E-state index contributed by atoms with van der Waals surface area (Å²) in [4.78, 5) is 2.44. The highest BCUT2D eigenvalue weighted by molar-refractivity contribution is 9.10. The smallest absolute Gasteiger partial charge is 0.0992 e. The predicted molar refractivity (Wildman–Crippen MR) is 87.0 cm³/mol. The van der Waals surface area contributed by atoms with Gasteiger partial charge in [-0.1, -0.05) is 13.3 Å². The molecule has 1 atom stereocenters. The third kappa shape index (κ3) is 3.97. The molecule has 0 radical (unpaired) electrons. The van der Waals surface area contributed by atoms with Crippen LogP contribution < -0.4 is 10.2 Å². The van der Waals surface area contributed by atoms with Gasteiger partial charge < -0.3 is 10.2 Å². The average molecular weight is 336 g/mol. The Morgan fingerprint density at radius 1 is 1.50 bits per heavy atom. The summed E-state index contributed by atoms with van der Waals surface area (Å²) >= 11 is 3.62. The Morgan fingerprint density at radius 2 is 2.35 bits per heavy atom. The molecule has 1 saturated heterocycles. The van der Waals surface area contributed by atoms with Crippen molar-refractivity contribution in [3.8, 4) is 6.07 Å². The van der Waals surface area contributed by atoms with E-state index in [1.54, 1.807) is 0 Å². The van der Waals surface area contributed by atoms with E-state index < -0.39 is 0 Å². The highest BCUT2D eigenvalue weighted by atomic mass is 79.9. The maximum Gasteiger partial charge on any atom is 0.0992 e. The molecule has 0 amide bonds. The van der Waals surface area contributed by atoms with Gasteiger partial charge in [0, 0.05) is 23.6 Å². The van der Waals surface area contributed by atoms with Crippen molar-refractivity contribution in [3.63, 3.8) is 0 Å². The Kier molecular flexibility index (Phi) is 5.87. The second-order valence-corrected chi connectivity index (χ2v) is 6.23. The lowest BCUT2D eigenvalue weighted by atomic mass is 10.1. The molecule has 1 N–H and O–H groups in total. The summed E-state index contributed by atoms with van der Waals surface area (Å²) in [5.74, 6) is 0. The maximum atomic E-state index is 8.97. The number of nitrogens with one attached hydrogen (secondary N) is 1. The minimum atomic E-state index is 0.592. The molecule has 1 aliphatic rings. The van der Waals surface area contributed by atoms with E-state index in [9.17, 15) is 0 Å². The van der Waals surface area contributed by atoms with E-state index >= 15 is 0 Å². The van der Waals surface area contributed by atoms with Gasteiger partial charge >= 0.3 is 0 Å². The molecule has 1 unspecified atom stereocenters. The number of unbranched alkanes of at least 4 members (excludes halogenated alkanes) is 1. The molecule has 0 aromatic heterocycles. The van der Waals surface area contributed by atoms with E-state index in [1.807, 2.05) is 12.1 Å². The van der Waals surface area contributed by atoms with Crippen LogP contribution in [0.2, 0.25) is 0 Å². The topological polar surface area (TPSA) is 39.1 Å². The molecule has 3 nitrogen and oxygen atoms in total. The van der Waals surface area contributed by atoms with Crippen molar-refractivity contribution in [2.24, 2.45) is 0 Å². The standard InChI is InChI=1S/C16H22BrN3/c1-2-3-9-20(12-14-5-4-8-19-14)16-7-6-13(11-18)10-15(16)17/h6-7,10,14,19H,2-5,8-9,12H2,1H3. The summed E-state index contributed by atoms with van der Waals surface area (Å²) < 4.78 is 1.02. The summed E-state index contributed by atoms with van der Waals surface area (Å²) in [6.45, 7) is 5.48. The van der Waals surface area contributed by atoms with Crippen LogP contribution in [-0.4, -0.2) is 25.7 Å². The fourth-order valence-corrected chi connectivity index (χ4v) is 3.30. The lowest BCUT2D eigenvalue weighted by Gasteiger charge is -2.29. The van der Waals surface area contributed by atoms with Crippen LogP contribution in [0.5, 0.6) is 0 Å². The van der Waals surface area contributed by atoms with Gasteiger partial charge in [-0.25, -0.2) is 0 Å². The van der Waals surface area contributed by atoms with Gasteiger partial charge in [0.25, 0.3) is 0 Å². The minimum absolute atomic E-state index is 0.592. The molecular formula is C16H22BrN3. The SMILES string of the molecule is CCCCN(CC1CCCN1)c1ccc(C#N)cc1Br. The van der Waals surface area contributed by atoms with Crippen molar-refractivity contribution in [2.75, 3.05) is 24.5 Å². The summed E-state index contributed by atoms with van der Waals surface area (Å²) in [5.41, 5.74) is 1.90. The van der Waals surface area contributed by atoms with Gasteiger partial charge in [-0.05, 0) is 59.9 Å². The van der Waals surface area contributed by atoms with Crippen LogP contribution in [-0.2, 0) is 0 Å². The second kappa shape index (κ2) is 7.66. The normalized spacial score (nSPS) is 17.9. The Balaban J connectivity index is 2.14. The molecule has 1 aromatic carbocycles. The summed E-state index contributed by atoms with van der Waals surface area (Å²) in [6, 6.07) is 8.66. The zero-order chi connectivity index (χ0) is 14.4. The van der Waals surface area contributed by atoms with Crippen molar-refractivity contribution >= 4 is 21.6 Å². The number of nitriles is 1. The third-order valence-electron chi connectivity index (χ3n) is 3.80. The Morgan fingerprint density at radius 3 is 2.95 bits per heavy atom. The van der Waals surface area contributed by atoms with E-state index in [0.717, 1.165) is 24.1 Å². The van der Waals surface area contributed by atoms with Gasteiger partial charge in [-0.3, -0.25) is 0 Å². The number of hydrogen-bond donors (Lipinski definition) is 1. The first-order valence-electron chi connectivity index (χ1n) is 7.42. The predicted octanol–water partition coefficient (Wildman–Crippen LogP) is 3.68. The van der Waals surface area contributed by atoms with Gasteiger partial charge in [-0.15, -0.1) is 0 Å². The van der Waals surface area contributed by atoms with Gasteiger partial charge in [0.1, 0.15) is 0 Å². The zero-order valence-corrected chi connectivity index (χ0v) is 13.6. The quantitative estimate of drug-likeness (QED) is 0.861. The van der Waals surface area contributed by atoms with E-state index in [4.69, 9.17) is 5.26 Å². The highest BCUT2D eigenvalue weighted by Gasteiger charge is 2.19. The number of halogens is 1. The highest BCUT2D eigenvalue weighted by Crippen LogP contribution is 2.28. The molecule has 1 aromatic rings. The molecular weight excluding hydrogens is 314 g/mol. The summed E-state index contributed by atoms with van der Waals surface area (Å²) in [7, 11) is 0. The zero-order valence-electron chi connectivity index (χ0n) is 12.0. The van der Waals surface area contributed by atoms with E-state index in [-0.39, 0.29) is 0 Å². The van der Waals surface area contributed by atoms with Crippen LogP contribution in [0.3, 0.4) is 0 Å². The molecule has 0 saturated carbocycles. The van der Waals surface area contributed by atoms with Crippen molar-refractivity contribution in [2.45, 2.75) is 38.6 Å². The van der Waals surface area contributed by atoms with Crippen molar-refractivity contribution in [1.82, 2.24) is 5.32 Å². The molecule has 20 heavy (non-hydrogen) atoms. The van der Waals surface area contributed by atoms with E-state index in [1.165, 1.54) is 31.4 Å². The fraction of sp³-hybridized carbons (Fsp3) is 0.562. The lowest BCUT2D eigenvalue weighted by molar-refractivity contribution is 0.572. The van der Waals surface area contributed by atoms with Crippen LogP contribution in [0.1, 0.15) is 38.2 Å². The number of rotatable bonds is 6. The van der Waals surface area contributed by atoms with Gasteiger partial charge in [0.2, 0.25) is 0 Å². The Bertz CT molecular complexity index is 475. The first-order valence-corrected chi connectivity index (χ1v) is 8.22. The molecule has 1 fully saturated rings. The third-order valence-corrected chi connectivity index (χ3v) is 4.44. The van der Waals surface area contributed by atoms with E-state index in [2.05, 4.69) is 45.2 Å². The largest absolute Gasteiger partial charge is 0.369 e. The van der Waals surface area contributed by atoms with Crippen molar-refractivity contribution < 1.29 is 0 Å². The fourth-order valence-electron chi connectivity index (χ4n) is 2.67. The number of hydrogen-bond acceptors (Lipinski definition) is 3. The number of nitrogens with zero attached hydrogens (tertiary/aromatic N) is 2. The first kappa shape index (κ1) is 15.3. The van der Waals surface area contributed by atoms with Crippen LogP contribution in [0.4, 0.5) is 5.69 Å². The molecule has 4 heteroatoms. The lowest BCUT2D eigenvalue weighted by Crippen LogP contribution is -2.38. The molecule has 108 valence electrons. The Labute approximate surface area is 130 Å². The van der Waals surface area contributed by atoms with Crippen LogP contribution in [0.25, 0.3) is 0 Å². The second-order valence-electron chi connectivity index (χ2n) is 5.37. The van der Waals surface area contributed by atoms with Crippen LogP contribution in [0.15, 0.2) is 22.7 Å². The molecule has 1 heterocycles. The monoisotopic (exact) mass is 335 g/mol.